The molecule has 1 rings (SSSR count). The molecule has 1 aliphatic rings. The lowest BCUT2D eigenvalue weighted by molar-refractivity contribution is 0.0112. The lowest BCUT2D eigenvalue weighted by atomic mass is 9.93. The average molecular weight is 301 g/mol. The van der Waals surface area contributed by atoms with Gasteiger partial charge in [0.05, 0.1) is 26.4 Å². The van der Waals surface area contributed by atoms with Gasteiger partial charge in [0.2, 0.25) is 0 Å². The van der Waals surface area contributed by atoms with E-state index in [0.29, 0.717) is 38.4 Å². The van der Waals surface area contributed by atoms with Gasteiger partial charge >= 0.3 is 0 Å². The fraction of sp³-hybridized carbons (Fsp3) is 1.00. The largest absolute Gasteiger partial charge is 0.379 e. The van der Waals surface area contributed by atoms with Gasteiger partial charge in [-0.25, -0.2) is 0 Å². The van der Waals surface area contributed by atoms with Crippen molar-refractivity contribution in [2.45, 2.75) is 64.3 Å². The summed E-state index contributed by atoms with van der Waals surface area (Å²) in [7, 11) is 0. The summed E-state index contributed by atoms with van der Waals surface area (Å²) in [4.78, 5) is 0. The second-order valence-electron chi connectivity index (χ2n) is 6.04. The molecule has 0 heterocycles. The Hall–Kier alpha value is -0.160. The van der Waals surface area contributed by atoms with Gasteiger partial charge in [-0.1, -0.05) is 32.6 Å². The van der Waals surface area contributed by atoms with Crippen LogP contribution in [0, 0.1) is 5.92 Å². The van der Waals surface area contributed by atoms with Gasteiger partial charge in [0.1, 0.15) is 0 Å². The number of rotatable bonds is 12. The molecule has 0 aromatic heterocycles. The highest BCUT2D eigenvalue weighted by atomic mass is 16.5. The van der Waals surface area contributed by atoms with Crippen LogP contribution in [0.4, 0.5) is 0 Å². The Bertz CT molecular complexity index is 226. The van der Waals surface area contributed by atoms with Crippen LogP contribution in [0.15, 0.2) is 0 Å². The molecule has 0 saturated heterocycles. The van der Waals surface area contributed by atoms with Crippen molar-refractivity contribution in [3.63, 3.8) is 0 Å². The predicted molar refractivity (Wildman–Crippen MR) is 86.5 cm³/mol. The summed E-state index contributed by atoms with van der Waals surface area (Å²) in [6.07, 6.45) is 9.85. The first-order valence-electron chi connectivity index (χ1n) is 8.83. The standard InChI is InChI=1S/C17H35NO3/c1-2-3-10-19-12-14-21-15-13-20-11-9-16-7-5-4-6-8-17(16)18/h16-17H,2-15,18H2,1H3. The van der Waals surface area contributed by atoms with Crippen LogP contribution in [0.3, 0.4) is 0 Å². The van der Waals surface area contributed by atoms with Crippen molar-refractivity contribution in [2.75, 3.05) is 39.6 Å². The van der Waals surface area contributed by atoms with Gasteiger partial charge in [-0.2, -0.15) is 0 Å². The van der Waals surface area contributed by atoms with Gasteiger partial charge in [0.25, 0.3) is 0 Å². The predicted octanol–water partition coefficient (Wildman–Crippen LogP) is 3.13. The maximum atomic E-state index is 6.22. The van der Waals surface area contributed by atoms with Gasteiger partial charge in [0, 0.05) is 19.3 Å². The summed E-state index contributed by atoms with van der Waals surface area (Å²) in [5.74, 6) is 0.653. The first-order chi connectivity index (χ1) is 10.3. The number of hydrogen-bond acceptors (Lipinski definition) is 4. The smallest absolute Gasteiger partial charge is 0.0701 e. The van der Waals surface area contributed by atoms with Gasteiger partial charge in [0.15, 0.2) is 0 Å². The van der Waals surface area contributed by atoms with Crippen LogP contribution in [0.25, 0.3) is 0 Å². The zero-order chi connectivity index (χ0) is 15.2. The monoisotopic (exact) mass is 301 g/mol. The molecular weight excluding hydrogens is 266 g/mol. The van der Waals surface area contributed by atoms with Crippen LogP contribution in [-0.4, -0.2) is 45.7 Å². The molecule has 4 heteroatoms. The molecule has 2 unspecified atom stereocenters. The van der Waals surface area contributed by atoms with Crippen LogP contribution in [0.2, 0.25) is 0 Å². The highest BCUT2D eigenvalue weighted by Crippen LogP contribution is 2.24. The molecule has 1 fully saturated rings. The lowest BCUT2D eigenvalue weighted by Gasteiger charge is -2.21. The third-order valence-electron chi connectivity index (χ3n) is 4.24. The normalized spacial score (nSPS) is 23.1. The van der Waals surface area contributed by atoms with E-state index < -0.39 is 0 Å². The molecule has 0 aliphatic heterocycles. The van der Waals surface area contributed by atoms with E-state index in [1.165, 1.54) is 38.5 Å². The maximum Gasteiger partial charge on any atom is 0.0701 e. The van der Waals surface area contributed by atoms with Crippen molar-refractivity contribution >= 4 is 0 Å². The van der Waals surface area contributed by atoms with E-state index in [4.69, 9.17) is 19.9 Å². The van der Waals surface area contributed by atoms with Crippen molar-refractivity contribution in [2.24, 2.45) is 11.7 Å². The number of unbranched alkanes of at least 4 members (excludes halogenated alkanes) is 1. The van der Waals surface area contributed by atoms with Gasteiger partial charge < -0.3 is 19.9 Å². The molecule has 1 saturated carbocycles. The Morgan fingerprint density at radius 3 is 2.14 bits per heavy atom. The average Bonchev–Trinajstić information content (AvgIpc) is 2.69. The SMILES string of the molecule is CCCCOCCOCCOCCC1CCCCCC1N. The number of hydrogen-bond donors (Lipinski definition) is 1. The Kier molecular flexibility index (Phi) is 12.1. The molecule has 2 atom stereocenters. The van der Waals surface area contributed by atoms with Crippen LogP contribution in [0.5, 0.6) is 0 Å². The fourth-order valence-corrected chi connectivity index (χ4v) is 2.79. The van der Waals surface area contributed by atoms with Crippen LogP contribution in [0.1, 0.15) is 58.3 Å². The molecule has 0 amide bonds. The molecular formula is C17H35NO3. The quantitative estimate of drug-likeness (QED) is 0.444. The van der Waals surface area contributed by atoms with Crippen molar-refractivity contribution in [3.05, 3.63) is 0 Å². The Morgan fingerprint density at radius 2 is 1.43 bits per heavy atom. The number of ether oxygens (including phenoxy) is 3. The van der Waals surface area contributed by atoms with Crippen LogP contribution >= 0.6 is 0 Å². The first kappa shape index (κ1) is 18.9. The fourth-order valence-electron chi connectivity index (χ4n) is 2.79. The zero-order valence-electron chi connectivity index (χ0n) is 13.9. The van der Waals surface area contributed by atoms with E-state index in [0.717, 1.165) is 26.1 Å². The van der Waals surface area contributed by atoms with Gasteiger partial charge in [-0.3, -0.25) is 0 Å². The van der Waals surface area contributed by atoms with E-state index in [2.05, 4.69) is 6.92 Å². The molecule has 1 aliphatic carbocycles. The second-order valence-corrected chi connectivity index (χ2v) is 6.04. The Balaban J connectivity index is 1.83. The summed E-state index contributed by atoms with van der Waals surface area (Å²) in [5, 5.41) is 0. The Labute approximate surface area is 130 Å². The summed E-state index contributed by atoms with van der Waals surface area (Å²) >= 11 is 0. The lowest BCUT2D eigenvalue weighted by Crippen LogP contribution is -2.29. The minimum atomic E-state index is 0.382. The molecule has 0 spiro atoms. The van der Waals surface area contributed by atoms with Crippen molar-refractivity contribution < 1.29 is 14.2 Å². The highest BCUT2D eigenvalue weighted by Gasteiger charge is 2.19. The van der Waals surface area contributed by atoms with E-state index in [1.807, 2.05) is 0 Å². The van der Waals surface area contributed by atoms with Gasteiger partial charge in [-0.15, -0.1) is 0 Å². The third-order valence-corrected chi connectivity index (χ3v) is 4.24. The molecule has 126 valence electrons. The molecule has 2 N–H and O–H groups in total. The third kappa shape index (κ3) is 10.2. The number of nitrogens with two attached hydrogens (primary N) is 1. The second kappa shape index (κ2) is 13.5. The minimum Gasteiger partial charge on any atom is -0.379 e. The molecule has 4 nitrogen and oxygen atoms in total. The van der Waals surface area contributed by atoms with Crippen molar-refractivity contribution in [1.82, 2.24) is 0 Å². The van der Waals surface area contributed by atoms with Gasteiger partial charge in [-0.05, 0) is 31.6 Å². The van der Waals surface area contributed by atoms with Crippen molar-refractivity contribution in [3.8, 4) is 0 Å². The van der Waals surface area contributed by atoms with Crippen LogP contribution in [-0.2, 0) is 14.2 Å². The maximum absolute atomic E-state index is 6.22. The first-order valence-corrected chi connectivity index (χ1v) is 8.83. The molecule has 21 heavy (non-hydrogen) atoms. The summed E-state index contributed by atoms with van der Waals surface area (Å²) in [6.45, 7) is 6.52. The summed E-state index contributed by atoms with van der Waals surface area (Å²) in [6, 6.07) is 0.382. The van der Waals surface area contributed by atoms with Crippen LogP contribution < -0.4 is 5.73 Å². The topological polar surface area (TPSA) is 53.7 Å². The molecule has 0 aromatic carbocycles. The van der Waals surface area contributed by atoms with E-state index in [1.54, 1.807) is 0 Å². The van der Waals surface area contributed by atoms with E-state index in [-0.39, 0.29) is 0 Å². The van der Waals surface area contributed by atoms with E-state index >= 15 is 0 Å². The Morgan fingerprint density at radius 1 is 0.810 bits per heavy atom. The zero-order valence-corrected chi connectivity index (χ0v) is 13.9. The molecule has 0 bridgehead atoms. The highest BCUT2D eigenvalue weighted by molar-refractivity contribution is 4.76. The summed E-state index contributed by atoms with van der Waals surface area (Å²) in [5.41, 5.74) is 6.22. The van der Waals surface area contributed by atoms with Crippen molar-refractivity contribution in [1.29, 1.82) is 0 Å². The van der Waals surface area contributed by atoms with E-state index in [9.17, 15) is 0 Å². The molecule has 0 aromatic rings. The molecule has 0 radical (unpaired) electrons. The summed E-state index contributed by atoms with van der Waals surface area (Å²) < 4.78 is 16.5. The minimum absolute atomic E-state index is 0.382.